The molecule has 0 bridgehead atoms. The number of esters is 1. The number of rotatable bonds is 6. The van der Waals surface area contributed by atoms with Crippen molar-refractivity contribution in [3.05, 3.63) is 64.7 Å². The number of nitrogens with one attached hydrogen (secondary N) is 1. The van der Waals surface area contributed by atoms with Crippen LogP contribution < -0.4 is 10.2 Å². The van der Waals surface area contributed by atoms with Gasteiger partial charge in [-0.1, -0.05) is 41.9 Å². The molecule has 1 amide bonds. The molecule has 180 valence electrons. The van der Waals surface area contributed by atoms with Gasteiger partial charge in [-0.25, -0.2) is 0 Å². The highest BCUT2D eigenvalue weighted by molar-refractivity contribution is 7.80. The molecule has 2 aromatic rings. The first-order valence-electron chi connectivity index (χ1n) is 11.4. The van der Waals surface area contributed by atoms with Gasteiger partial charge in [0, 0.05) is 36.3 Å². The first-order valence-corrected chi connectivity index (χ1v) is 12.3. The fourth-order valence-corrected chi connectivity index (χ4v) is 4.93. The molecular formula is C25H29ClN4O3S. The zero-order chi connectivity index (χ0) is 24.2. The summed E-state index contributed by atoms with van der Waals surface area (Å²) in [5.41, 5.74) is 2.62. The monoisotopic (exact) mass is 500 g/mol. The van der Waals surface area contributed by atoms with E-state index >= 15 is 0 Å². The second-order valence-electron chi connectivity index (χ2n) is 8.43. The fraction of sp³-hybridized carbons (Fsp3) is 0.400. The topological polar surface area (TPSA) is 74.2 Å². The zero-order valence-corrected chi connectivity index (χ0v) is 20.9. The molecule has 0 spiro atoms. The van der Waals surface area contributed by atoms with Crippen LogP contribution in [0.5, 0.6) is 0 Å². The number of hydrogen-bond donors (Lipinski definition) is 2. The Hall–Kier alpha value is -2.39. The highest BCUT2D eigenvalue weighted by atomic mass is 35.5. The number of thiol groups is 1. The standard InChI is InChI=1S/C25H29ClN4O3S/c1-3-33-24(32)17-10-7-13-30(15-17)25(34)28-22-23(31)29(2)20-12-11-18(26)14-19(20)21(27-22)16-8-5-4-6-9-16/h4-6,8-9,11-12,14,17,22,25,28,34H,3,7,10,13,15H2,1-2H3/t17?,22?,25-/m0/s1. The lowest BCUT2D eigenvalue weighted by molar-refractivity contribution is -0.150. The number of amides is 1. The number of halogens is 1. The van der Waals surface area contributed by atoms with Crippen LogP contribution in [0.2, 0.25) is 5.02 Å². The number of hydrogen-bond acceptors (Lipinski definition) is 7. The first kappa shape index (κ1) is 24.7. The van der Waals surface area contributed by atoms with Gasteiger partial charge in [-0.15, -0.1) is 12.6 Å². The number of piperidine rings is 1. The first-order chi connectivity index (χ1) is 16.4. The number of anilines is 1. The Bertz CT molecular complexity index is 1080. The van der Waals surface area contributed by atoms with Crippen molar-refractivity contribution >= 4 is 47.5 Å². The van der Waals surface area contributed by atoms with Gasteiger partial charge in [-0.05, 0) is 38.0 Å². The number of ether oxygens (including phenoxy) is 1. The summed E-state index contributed by atoms with van der Waals surface area (Å²) in [6.07, 6.45) is 0.771. The Kier molecular flexibility index (Phi) is 7.93. The van der Waals surface area contributed by atoms with Gasteiger partial charge < -0.3 is 9.64 Å². The minimum atomic E-state index is -0.864. The molecule has 34 heavy (non-hydrogen) atoms. The van der Waals surface area contributed by atoms with Gasteiger partial charge in [-0.3, -0.25) is 24.8 Å². The van der Waals surface area contributed by atoms with Crippen molar-refractivity contribution in [2.24, 2.45) is 10.9 Å². The van der Waals surface area contributed by atoms with E-state index in [0.29, 0.717) is 23.9 Å². The lowest BCUT2D eigenvalue weighted by Crippen LogP contribution is -2.54. The van der Waals surface area contributed by atoms with Crippen molar-refractivity contribution < 1.29 is 14.3 Å². The van der Waals surface area contributed by atoms with Crippen molar-refractivity contribution in [1.82, 2.24) is 10.2 Å². The minimum absolute atomic E-state index is 0.185. The summed E-state index contributed by atoms with van der Waals surface area (Å²) < 4.78 is 5.21. The summed E-state index contributed by atoms with van der Waals surface area (Å²) in [6, 6.07) is 15.2. The zero-order valence-electron chi connectivity index (χ0n) is 19.3. The minimum Gasteiger partial charge on any atom is -0.466 e. The lowest BCUT2D eigenvalue weighted by atomic mass is 9.98. The van der Waals surface area contributed by atoms with Gasteiger partial charge >= 0.3 is 5.97 Å². The molecule has 2 heterocycles. The molecule has 1 saturated heterocycles. The van der Waals surface area contributed by atoms with Gasteiger partial charge in [0.2, 0.25) is 0 Å². The van der Waals surface area contributed by atoms with Gasteiger partial charge in [0.25, 0.3) is 5.91 Å². The maximum atomic E-state index is 13.4. The third-order valence-corrected chi connectivity index (χ3v) is 6.88. The number of nitrogens with zero attached hydrogens (tertiary/aromatic N) is 3. The van der Waals surface area contributed by atoms with E-state index in [1.54, 1.807) is 18.0 Å². The fourth-order valence-electron chi connectivity index (χ4n) is 4.41. The number of carbonyl (C=O) groups is 2. The number of benzodiazepines with no additional fused rings is 1. The summed E-state index contributed by atoms with van der Waals surface area (Å²) >= 11 is 11.1. The maximum absolute atomic E-state index is 13.4. The van der Waals surface area contributed by atoms with Crippen LogP contribution in [0.1, 0.15) is 30.9 Å². The number of aliphatic imine (C=N–C) groups is 1. The highest BCUT2D eigenvalue weighted by Crippen LogP contribution is 2.30. The van der Waals surface area contributed by atoms with E-state index in [0.717, 1.165) is 36.2 Å². The van der Waals surface area contributed by atoms with Crippen LogP contribution in [0.25, 0.3) is 0 Å². The Morgan fingerprint density at radius 2 is 2.06 bits per heavy atom. The Balaban J connectivity index is 1.63. The molecule has 2 aliphatic rings. The number of likely N-dealkylation sites (N-methyl/N-ethyl adjacent to an activating group) is 1. The SMILES string of the molecule is CCOC(=O)C1CCCN([C@@H](S)NC2N=C(c3ccccc3)c3cc(Cl)ccc3N(C)C2=O)C1. The molecule has 0 radical (unpaired) electrons. The van der Waals surface area contributed by atoms with E-state index < -0.39 is 11.7 Å². The molecule has 1 N–H and O–H groups in total. The third kappa shape index (κ3) is 5.30. The summed E-state index contributed by atoms with van der Waals surface area (Å²) in [6.45, 7) is 3.45. The van der Waals surface area contributed by atoms with Gasteiger partial charge in [0.15, 0.2) is 6.17 Å². The predicted octanol–water partition coefficient (Wildman–Crippen LogP) is 3.56. The molecule has 3 atom stereocenters. The third-order valence-electron chi connectivity index (χ3n) is 6.17. The van der Waals surface area contributed by atoms with Gasteiger partial charge in [0.05, 0.1) is 23.9 Å². The number of fused-ring (bicyclic) bond motifs is 1. The van der Waals surface area contributed by atoms with Crippen molar-refractivity contribution in [3.63, 3.8) is 0 Å². The van der Waals surface area contributed by atoms with E-state index in [-0.39, 0.29) is 17.8 Å². The van der Waals surface area contributed by atoms with E-state index in [1.807, 2.05) is 54.3 Å². The quantitative estimate of drug-likeness (QED) is 0.360. The predicted molar refractivity (Wildman–Crippen MR) is 138 cm³/mol. The van der Waals surface area contributed by atoms with Crippen molar-refractivity contribution in [1.29, 1.82) is 0 Å². The number of benzene rings is 2. The van der Waals surface area contributed by atoms with Crippen molar-refractivity contribution in [2.75, 3.05) is 31.6 Å². The Morgan fingerprint density at radius 3 is 2.79 bits per heavy atom. The molecule has 0 saturated carbocycles. The van der Waals surface area contributed by atoms with E-state index in [4.69, 9.17) is 34.0 Å². The van der Waals surface area contributed by atoms with E-state index in [1.165, 1.54) is 0 Å². The molecule has 7 nitrogen and oxygen atoms in total. The summed E-state index contributed by atoms with van der Waals surface area (Å²) in [7, 11) is 1.73. The molecule has 0 aliphatic carbocycles. The maximum Gasteiger partial charge on any atom is 0.310 e. The molecule has 1 fully saturated rings. The van der Waals surface area contributed by atoms with E-state index in [9.17, 15) is 9.59 Å². The average Bonchev–Trinajstić information content (AvgIpc) is 2.95. The average molecular weight is 501 g/mol. The lowest BCUT2D eigenvalue weighted by Gasteiger charge is -2.36. The smallest absolute Gasteiger partial charge is 0.310 e. The second-order valence-corrected chi connectivity index (χ2v) is 9.36. The van der Waals surface area contributed by atoms with E-state index in [2.05, 4.69) is 5.32 Å². The number of likely N-dealkylation sites (tertiary alicyclic amines) is 1. The molecular weight excluding hydrogens is 472 g/mol. The highest BCUT2D eigenvalue weighted by Gasteiger charge is 2.34. The van der Waals surface area contributed by atoms with Crippen LogP contribution >= 0.6 is 24.2 Å². The Labute approximate surface area is 210 Å². The van der Waals surface area contributed by atoms with Crippen molar-refractivity contribution in [2.45, 2.75) is 31.4 Å². The van der Waals surface area contributed by atoms with Gasteiger partial charge in [0.1, 0.15) is 5.50 Å². The second kappa shape index (κ2) is 10.9. The number of carbonyl (C=O) groups excluding carboxylic acids is 2. The molecule has 9 heteroatoms. The van der Waals surface area contributed by atoms with Crippen LogP contribution in [-0.4, -0.2) is 60.9 Å². The van der Waals surface area contributed by atoms with Crippen LogP contribution in [0.4, 0.5) is 5.69 Å². The molecule has 0 aromatic heterocycles. The van der Waals surface area contributed by atoms with Crippen LogP contribution in [-0.2, 0) is 14.3 Å². The molecule has 4 rings (SSSR count). The van der Waals surface area contributed by atoms with Crippen LogP contribution in [0.3, 0.4) is 0 Å². The normalized spacial score (nSPS) is 21.9. The molecule has 2 aliphatic heterocycles. The van der Waals surface area contributed by atoms with Crippen LogP contribution in [0.15, 0.2) is 53.5 Å². The summed E-state index contributed by atoms with van der Waals surface area (Å²) in [5.74, 6) is -0.588. The molecule has 2 aromatic carbocycles. The van der Waals surface area contributed by atoms with Crippen molar-refractivity contribution in [3.8, 4) is 0 Å². The Morgan fingerprint density at radius 1 is 1.29 bits per heavy atom. The largest absolute Gasteiger partial charge is 0.466 e. The molecule has 2 unspecified atom stereocenters. The summed E-state index contributed by atoms with van der Waals surface area (Å²) in [5, 5.41) is 3.85. The van der Waals surface area contributed by atoms with Gasteiger partial charge in [-0.2, -0.15) is 0 Å². The van der Waals surface area contributed by atoms with Crippen LogP contribution in [0, 0.1) is 5.92 Å². The summed E-state index contributed by atoms with van der Waals surface area (Å²) in [4.78, 5) is 34.2.